The summed E-state index contributed by atoms with van der Waals surface area (Å²) in [5, 5.41) is 11.4. The lowest BCUT2D eigenvalue weighted by Gasteiger charge is -2.34. The van der Waals surface area contributed by atoms with Crippen LogP contribution >= 0.6 is 0 Å². The first kappa shape index (κ1) is 37.7. The first-order valence-electron chi connectivity index (χ1n) is 18.0. The highest BCUT2D eigenvalue weighted by molar-refractivity contribution is 5.96. The second-order valence-corrected chi connectivity index (χ2v) is 15.2. The minimum Gasteiger partial charge on any atom is -0.350 e. The highest BCUT2D eigenvalue weighted by Gasteiger charge is 2.60. The smallest absolute Gasteiger partial charge is 0.245 e. The summed E-state index contributed by atoms with van der Waals surface area (Å²) in [5.41, 5.74) is 1.93. The van der Waals surface area contributed by atoms with Crippen molar-refractivity contribution in [2.24, 2.45) is 5.92 Å². The number of aryl methyl sites for hydroxylation is 1. The summed E-state index contributed by atoms with van der Waals surface area (Å²) in [6, 6.07) is 3.38. The van der Waals surface area contributed by atoms with Crippen molar-refractivity contribution in [3.05, 3.63) is 53.6 Å². The van der Waals surface area contributed by atoms with Gasteiger partial charge in [-0.25, -0.2) is 4.98 Å². The molecule has 0 spiro atoms. The maximum atomic E-state index is 14.1. The van der Waals surface area contributed by atoms with Crippen molar-refractivity contribution in [3.63, 3.8) is 0 Å². The molecule has 0 saturated carbocycles. The number of hydrogen-bond acceptors (Lipinski definition) is 8. The molecule has 0 unspecified atom stereocenters. The molecule has 14 heteroatoms. The second-order valence-electron chi connectivity index (χ2n) is 15.2. The number of nitrogens with one attached hydrogen (secondary N) is 5. The number of amides is 5. The third-order valence-electron chi connectivity index (χ3n) is 9.98. The summed E-state index contributed by atoms with van der Waals surface area (Å²) in [4.78, 5) is 93.5. The van der Waals surface area contributed by atoms with Crippen LogP contribution in [0.5, 0.6) is 0 Å². The first-order valence-corrected chi connectivity index (χ1v) is 18.0. The van der Waals surface area contributed by atoms with Gasteiger partial charge in [-0.1, -0.05) is 36.8 Å². The number of H-pyrrole nitrogens is 1. The molecule has 3 aliphatic rings. The summed E-state index contributed by atoms with van der Waals surface area (Å²) in [6.07, 6.45) is 4.85. The zero-order valence-corrected chi connectivity index (χ0v) is 30.5. The minimum absolute atomic E-state index is 0.0992. The maximum absolute atomic E-state index is 14.1. The molecule has 0 bridgehead atoms. The Balaban J connectivity index is 1.49. The van der Waals surface area contributed by atoms with E-state index in [0.717, 1.165) is 11.1 Å². The Kier molecular flexibility index (Phi) is 11.6. The Morgan fingerprint density at radius 3 is 2.39 bits per heavy atom. The van der Waals surface area contributed by atoms with E-state index in [1.54, 1.807) is 18.0 Å². The van der Waals surface area contributed by atoms with Crippen molar-refractivity contribution in [1.82, 2.24) is 41.0 Å². The number of nitrogens with zero attached hydrogens (tertiary/aromatic N) is 3. The van der Waals surface area contributed by atoms with Crippen molar-refractivity contribution in [2.75, 3.05) is 13.1 Å². The fourth-order valence-electron chi connectivity index (χ4n) is 7.42. The highest BCUT2D eigenvalue weighted by Crippen LogP contribution is 2.39. The van der Waals surface area contributed by atoms with Crippen LogP contribution in [0.3, 0.4) is 0 Å². The van der Waals surface area contributed by atoms with Crippen LogP contribution in [0, 0.1) is 12.8 Å². The van der Waals surface area contributed by atoms with E-state index in [1.807, 2.05) is 63.8 Å². The van der Waals surface area contributed by atoms with E-state index < -0.39 is 59.4 Å². The lowest BCUT2D eigenvalue weighted by molar-refractivity contribution is -0.137. The van der Waals surface area contributed by atoms with Crippen LogP contribution in [0.25, 0.3) is 0 Å². The van der Waals surface area contributed by atoms with Crippen molar-refractivity contribution in [3.8, 4) is 0 Å². The predicted molar refractivity (Wildman–Crippen MR) is 189 cm³/mol. The standard InChI is InChI=1S/C37H52N8O6/c1-7-27-31-32(35(50)43-37(4,5)6)44-14-8-9-28(44)34(49)39-19-30(47)42-26(17-25-18-38-20-40-25)29(46)16-24(15-23-12-10-21(2)11-13-23)33(48)41-22(3)36(51)45(27)31/h10-13,18,20,22,24,26-28,31-32H,7-9,14-17,19H2,1-6H3,(H,38,40)(H,39,49)(H,41,48)(H,42,47)(H,43,50)/t22-,24+,26-,27+,28-,31-,32+,45?/m0/s1. The van der Waals surface area contributed by atoms with Gasteiger partial charge in [0.1, 0.15) is 12.1 Å². The molecule has 4 heterocycles. The number of imidazole rings is 1. The number of Topliss-reactive ketones (excluding diaryl/α,β-unsaturated/α-hetero) is 1. The topological polar surface area (TPSA) is 185 Å². The number of carbonyl (C=O) groups excluding carboxylic acids is 6. The predicted octanol–water partition coefficient (Wildman–Crippen LogP) is 0.935. The average molecular weight is 705 g/mol. The van der Waals surface area contributed by atoms with Gasteiger partial charge in [0.05, 0.1) is 37.0 Å². The van der Waals surface area contributed by atoms with Crippen LogP contribution in [-0.4, -0.2) is 110 Å². The molecule has 5 rings (SSSR count). The van der Waals surface area contributed by atoms with E-state index in [2.05, 4.69) is 31.2 Å². The SMILES string of the molecule is CC[C@@H]1[C@H]2[C@H](C(=O)NC(C)(C)C)N3CCC[C@H]3C(=O)NCC(=O)N[C@@H](Cc3cnc[nH]3)C(=O)C[C@@H](Cc3ccc(C)cc3)C(=O)N[C@@H](C)C(=O)N21. The van der Waals surface area contributed by atoms with E-state index in [0.29, 0.717) is 31.5 Å². The molecule has 7 atom stereocenters. The largest absolute Gasteiger partial charge is 0.350 e. The van der Waals surface area contributed by atoms with E-state index in [-0.39, 0.29) is 49.4 Å². The number of aromatic amines is 1. The van der Waals surface area contributed by atoms with Gasteiger partial charge in [0, 0.05) is 36.2 Å². The highest BCUT2D eigenvalue weighted by atomic mass is 16.2. The van der Waals surface area contributed by atoms with Crippen molar-refractivity contribution < 1.29 is 28.8 Å². The molecule has 1 aromatic heterocycles. The zero-order valence-electron chi connectivity index (χ0n) is 30.5. The molecule has 2 aromatic rings. The van der Waals surface area contributed by atoms with Crippen molar-refractivity contribution in [1.29, 1.82) is 0 Å². The van der Waals surface area contributed by atoms with Gasteiger partial charge in [0.2, 0.25) is 29.5 Å². The second kappa shape index (κ2) is 15.7. The third kappa shape index (κ3) is 9.21. The van der Waals surface area contributed by atoms with Crippen LogP contribution in [0.4, 0.5) is 0 Å². The molecule has 1 aromatic carbocycles. The molecule has 276 valence electrons. The lowest BCUT2D eigenvalue weighted by atomic mass is 9.89. The Morgan fingerprint density at radius 2 is 1.75 bits per heavy atom. The van der Waals surface area contributed by atoms with Gasteiger partial charge in [0.25, 0.3) is 0 Å². The van der Waals surface area contributed by atoms with Crippen molar-refractivity contribution in [2.45, 2.75) is 122 Å². The summed E-state index contributed by atoms with van der Waals surface area (Å²) in [7, 11) is 0. The fraction of sp³-hybridized carbons (Fsp3) is 0.595. The quantitative estimate of drug-likeness (QED) is 0.275. The third-order valence-corrected chi connectivity index (χ3v) is 9.98. The maximum Gasteiger partial charge on any atom is 0.245 e. The van der Waals surface area contributed by atoms with Crippen LogP contribution < -0.4 is 21.3 Å². The number of benzene rings is 1. The summed E-state index contributed by atoms with van der Waals surface area (Å²) in [6.45, 7) is 11.2. The monoisotopic (exact) mass is 704 g/mol. The molecular formula is C37H52N8O6. The number of carbonyl (C=O) groups is 6. The van der Waals surface area contributed by atoms with Crippen molar-refractivity contribution >= 4 is 35.3 Å². The average Bonchev–Trinajstić information content (AvgIpc) is 3.35. The van der Waals surface area contributed by atoms with Gasteiger partial charge in [-0.05, 0) is 72.4 Å². The summed E-state index contributed by atoms with van der Waals surface area (Å²) >= 11 is 0. The first-order chi connectivity index (χ1) is 24.2. The fourth-order valence-corrected chi connectivity index (χ4v) is 7.42. The van der Waals surface area contributed by atoms with Crippen LogP contribution in [0.1, 0.15) is 77.1 Å². The van der Waals surface area contributed by atoms with E-state index in [1.165, 1.54) is 6.33 Å². The molecule has 5 amide bonds. The number of ketones is 1. The van der Waals surface area contributed by atoms with E-state index >= 15 is 0 Å². The molecule has 0 aliphatic carbocycles. The Labute approximate surface area is 299 Å². The van der Waals surface area contributed by atoms with Gasteiger partial charge in [0.15, 0.2) is 5.78 Å². The van der Waals surface area contributed by atoms with Crippen LogP contribution in [0.15, 0.2) is 36.8 Å². The molecule has 3 fully saturated rings. The van der Waals surface area contributed by atoms with Crippen LogP contribution in [-0.2, 0) is 41.6 Å². The molecule has 5 N–H and O–H groups in total. The molecule has 0 radical (unpaired) electrons. The van der Waals surface area contributed by atoms with Gasteiger partial charge in [-0.3, -0.25) is 33.7 Å². The normalized spacial score (nSPS) is 28.5. The van der Waals surface area contributed by atoms with E-state index in [9.17, 15) is 28.8 Å². The Hall–Kier alpha value is -4.59. The van der Waals surface area contributed by atoms with Gasteiger partial charge < -0.3 is 31.2 Å². The molecule has 3 saturated heterocycles. The molecule has 51 heavy (non-hydrogen) atoms. The number of rotatable bonds is 6. The Morgan fingerprint density at radius 1 is 1.02 bits per heavy atom. The minimum atomic E-state index is -1.02. The number of fused-ring (bicyclic) bond motifs is 2. The number of aromatic nitrogens is 2. The summed E-state index contributed by atoms with van der Waals surface area (Å²) in [5.74, 6) is -3.27. The molecule has 3 aliphatic heterocycles. The van der Waals surface area contributed by atoms with Gasteiger partial charge in [-0.15, -0.1) is 0 Å². The van der Waals surface area contributed by atoms with Gasteiger partial charge >= 0.3 is 0 Å². The lowest BCUT2D eigenvalue weighted by Crippen LogP contribution is -2.59. The number of hydrogen-bond donors (Lipinski definition) is 5. The van der Waals surface area contributed by atoms with Crippen LogP contribution in [0.2, 0.25) is 0 Å². The van der Waals surface area contributed by atoms with Gasteiger partial charge in [-0.2, -0.15) is 0 Å². The summed E-state index contributed by atoms with van der Waals surface area (Å²) < 4.78 is 0. The van der Waals surface area contributed by atoms with E-state index in [4.69, 9.17) is 0 Å². The zero-order chi connectivity index (χ0) is 37.0. The molecular weight excluding hydrogens is 652 g/mol. The molecule has 14 nitrogen and oxygen atoms in total. The Bertz CT molecular complexity index is 1600.